The Labute approximate surface area is 59.0 Å². The molecule has 0 atom stereocenters. The summed E-state index contributed by atoms with van der Waals surface area (Å²) in [5, 5.41) is 0. The van der Waals surface area contributed by atoms with Crippen LogP contribution in [0.3, 0.4) is 0 Å². The first-order chi connectivity index (χ1) is 4.09. The lowest BCUT2D eigenvalue weighted by Crippen LogP contribution is -2.04. The smallest absolute Gasteiger partial charge is 0.00225 e. The summed E-state index contributed by atoms with van der Waals surface area (Å²) in [6.45, 7) is 12.6. The summed E-state index contributed by atoms with van der Waals surface area (Å²) in [5.41, 5.74) is 1.24. The minimum absolute atomic E-state index is 0.674. The van der Waals surface area contributed by atoms with Crippen molar-refractivity contribution in [3.8, 4) is 0 Å². The van der Waals surface area contributed by atoms with Gasteiger partial charge in [-0.15, -0.1) is 0 Å². The number of rotatable bonds is 3. The molecule has 53 valence electrons. The van der Waals surface area contributed by atoms with E-state index in [0.29, 0.717) is 5.92 Å². The first-order valence-corrected chi connectivity index (χ1v) is 3.61. The quantitative estimate of drug-likeness (QED) is 0.543. The molecule has 0 aromatic carbocycles. The standard InChI is InChI=1S/C9H17/c1-6-9(7(2)3)8(4)5/h8H,2,6H2,1,3-5H3. The summed E-state index contributed by atoms with van der Waals surface area (Å²) in [4.78, 5) is 0. The van der Waals surface area contributed by atoms with Gasteiger partial charge in [0.25, 0.3) is 0 Å². The van der Waals surface area contributed by atoms with Crippen LogP contribution in [0.15, 0.2) is 12.2 Å². The van der Waals surface area contributed by atoms with Gasteiger partial charge in [0, 0.05) is 5.92 Å². The van der Waals surface area contributed by atoms with Gasteiger partial charge >= 0.3 is 0 Å². The van der Waals surface area contributed by atoms with Crippen molar-refractivity contribution < 1.29 is 0 Å². The highest BCUT2D eigenvalue weighted by atomic mass is 14.1. The van der Waals surface area contributed by atoms with Crippen molar-refractivity contribution in [3.05, 3.63) is 18.1 Å². The number of hydrogen-bond donors (Lipinski definition) is 0. The molecule has 1 radical (unpaired) electrons. The Morgan fingerprint density at radius 3 is 1.89 bits per heavy atom. The third kappa shape index (κ3) is 2.69. The molecule has 0 unspecified atom stereocenters. The second-order valence-electron chi connectivity index (χ2n) is 2.81. The zero-order chi connectivity index (χ0) is 7.44. The molecule has 0 aliphatic carbocycles. The van der Waals surface area contributed by atoms with Crippen LogP contribution in [-0.4, -0.2) is 0 Å². The van der Waals surface area contributed by atoms with E-state index in [1.807, 2.05) is 0 Å². The van der Waals surface area contributed by atoms with Crippen molar-refractivity contribution in [2.75, 3.05) is 0 Å². The van der Waals surface area contributed by atoms with Gasteiger partial charge in [-0.1, -0.05) is 32.9 Å². The van der Waals surface area contributed by atoms with Crippen LogP contribution < -0.4 is 0 Å². The van der Waals surface area contributed by atoms with Crippen molar-refractivity contribution in [3.63, 3.8) is 0 Å². The maximum atomic E-state index is 3.91. The van der Waals surface area contributed by atoms with Crippen LogP contribution in [0.4, 0.5) is 0 Å². The second-order valence-corrected chi connectivity index (χ2v) is 2.81. The lowest BCUT2D eigenvalue weighted by Gasteiger charge is -2.17. The molecule has 0 aromatic heterocycles. The molecule has 0 amide bonds. The minimum atomic E-state index is 0.674. The SMILES string of the molecule is C=C(C)[C](CC)C(C)C. The predicted octanol–water partition coefficient (Wildman–Crippen LogP) is 3.20. The Bertz CT molecular complexity index is 90.2. The van der Waals surface area contributed by atoms with Gasteiger partial charge in [0.15, 0.2) is 0 Å². The lowest BCUT2D eigenvalue weighted by atomic mass is 9.88. The van der Waals surface area contributed by atoms with E-state index >= 15 is 0 Å². The topological polar surface area (TPSA) is 0 Å². The highest BCUT2D eigenvalue weighted by Gasteiger charge is 2.10. The molecule has 0 rings (SSSR count). The Balaban J connectivity index is 3.83. The summed E-state index contributed by atoms with van der Waals surface area (Å²) >= 11 is 0. The molecule has 0 nitrogen and oxygen atoms in total. The third-order valence-corrected chi connectivity index (χ3v) is 1.63. The van der Waals surface area contributed by atoms with E-state index in [1.54, 1.807) is 0 Å². The Morgan fingerprint density at radius 1 is 1.44 bits per heavy atom. The van der Waals surface area contributed by atoms with E-state index in [1.165, 1.54) is 11.5 Å². The van der Waals surface area contributed by atoms with Crippen LogP contribution in [0.2, 0.25) is 0 Å². The van der Waals surface area contributed by atoms with Crippen LogP contribution in [-0.2, 0) is 0 Å². The van der Waals surface area contributed by atoms with Gasteiger partial charge in [0.1, 0.15) is 0 Å². The van der Waals surface area contributed by atoms with E-state index in [0.717, 1.165) is 6.42 Å². The monoisotopic (exact) mass is 125 g/mol. The fourth-order valence-electron chi connectivity index (χ4n) is 1.20. The van der Waals surface area contributed by atoms with E-state index in [4.69, 9.17) is 0 Å². The van der Waals surface area contributed by atoms with E-state index in [2.05, 4.69) is 34.3 Å². The molecule has 0 N–H and O–H groups in total. The predicted molar refractivity (Wildman–Crippen MR) is 43.2 cm³/mol. The summed E-state index contributed by atoms with van der Waals surface area (Å²) in [6.07, 6.45) is 1.15. The fourth-order valence-corrected chi connectivity index (χ4v) is 1.20. The lowest BCUT2D eigenvalue weighted by molar-refractivity contribution is 0.640. The van der Waals surface area contributed by atoms with Crippen LogP contribution >= 0.6 is 0 Å². The molecular formula is C9H17. The van der Waals surface area contributed by atoms with Gasteiger partial charge in [-0.25, -0.2) is 0 Å². The molecule has 0 saturated carbocycles. The largest absolute Gasteiger partial charge is 0.0995 e. The van der Waals surface area contributed by atoms with Crippen LogP contribution in [0, 0.1) is 11.8 Å². The molecule has 9 heavy (non-hydrogen) atoms. The van der Waals surface area contributed by atoms with Crippen LogP contribution in [0.5, 0.6) is 0 Å². The maximum absolute atomic E-state index is 3.91. The van der Waals surface area contributed by atoms with Crippen LogP contribution in [0.1, 0.15) is 34.1 Å². The highest BCUT2D eigenvalue weighted by Crippen LogP contribution is 2.23. The molecule has 0 aliphatic heterocycles. The third-order valence-electron chi connectivity index (χ3n) is 1.63. The fraction of sp³-hybridized carbons (Fsp3) is 0.667. The van der Waals surface area contributed by atoms with Gasteiger partial charge in [-0.2, -0.15) is 0 Å². The Kier molecular flexibility index (Phi) is 3.60. The van der Waals surface area contributed by atoms with Crippen molar-refractivity contribution in [1.82, 2.24) is 0 Å². The molecule has 0 spiro atoms. The van der Waals surface area contributed by atoms with Crippen LogP contribution in [0.25, 0.3) is 0 Å². The number of allylic oxidation sites excluding steroid dienone is 1. The summed E-state index contributed by atoms with van der Waals surface area (Å²) < 4.78 is 0. The zero-order valence-corrected chi connectivity index (χ0v) is 6.99. The second kappa shape index (κ2) is 3.71. The molecule has 0 aliphatic rings. The van der Waals surface area contributed by atoms with Gasteiger partial charge in [0.2, 0.25) is 0 Å². The molecule has 0 saturated heterocycles. The van der Waals surface area contributed by atoms with E-state index in [-0.39, 0.29) is 0 Å². The van der Waals surface area contributed by atoms with E-state index < -0.39 is 0 Å². The summed E-state index contributed by atoms with van der Waals surface area (Å²) in [7, 11) is 0. The van der Waals surface area contributed by atoms with Crippen molar-refractivity contribution in [2.24, 2.45) is 5.92 Å². The van der Waals surface area contributed by atoms with Gasteiger partial charge in [0.05, 0.1) is 0 Å². The van der Waals surface area contributed by atoms with Gasteiger partial charge in [-0.05, 0) is 19.3 Å². The highest BCUT2D eigenvalue weighted by molar-refractivity contribution is 5.18. The summed E-state index contributed by atoms with van der Waals surface area (Å²) in [5.74, 6) is 2.17. The van der Waals surface area contributed by atoms with E-state index in [9.17, 15) is 0 Å². The Hall–Kier alpha value is -0.260. The first-order valence-electron chi connectivity index (χ1n) is 3.61. The maximum Gasteiger partial charge on any atom is 0.00225 e. The van der Waals surface area contributed by atoms with Crippen molar-refractivity contribution >= 4 is 0 Å². The molecule has 0 aromatic rings. The molecule has 0 heteroatoms. The summed E-state index contributed by atoms with van der Waals surface area (Å²) in [6, 6.07) is 0. The number of hydrogen-bond acceptors (Lipinski definition) is 0. The van der Waals surface area contributed by atoms with Crippen molar-refractivity contribution in [1.29, 1.82) is 0 Å². The first kappa shape index (κ1) is 8.74. The molecule has 0 fully saturated rings. The molecular weight excluding hydrogens is 108 g/mol. The minimum Gasteiger partial charge on any atom is -0.0995 e. The van der Waals surface area contributed by atoms with Gasteiger partial charge < -0.3 is 0 Å². The normalized spacial score (nSPS) is 10.9. The molecule has 0 bridgehead atoms. The Morgan fingerprint density at radius 2 is 1.89 bits per heavy atom. The average Bonchev–Trinajstić information content (AvgIpc) is 1.64. The van der Waals surface area contributed by atoms with Crippen molar-refractivity contribution in [2.45, 2.75) is 34.1 Å². The average molecular weight is 125 g/mol. The zero-order valence-electron chi connectivity index (χ0n) is 6.99. The molecule has 0 heterocycles. The van der Waals surface area contributed by atoms with Gasteiger partial charge in [-0.3, -0.25) is 0 Å².